The van der Waals surface area contributed by atoms with E-state index in [1.54, 1.807) is 6.92 Å². The van der Waals surface area contributed by atoms with Gasteiger partial charge in [-0.25, -0.2) is 0 Å². The maximum absolute atomic E-state index is 12.0. The number of aromatic nitrogens is 1. The third-order valence-corrected chi connectivity index (χ3v) is 3.29. The quantitative estimate of drug-likeness (QED) is 0.846. The van der Waals surface area contributed by atoms with Crippen LogP contribution in [-0.2, 0) is 11.2 Å². The molecule has 0 bridgehead atoms. The Morgan fingerprint density at radius 1 is 1.45 bits per heavy atom. The predicted molar refractivity (Wildman–Crippen MR) is 73.1 cm³/mol. The SMILES string of the molecule is COCC(C)NC(=O)c1cc2c([nH]c1=O)CCCC2=O. The van der Waals surface area contributed by atoms with Gasteiger partial charge in [-0.3, -0.25) is 14.4 Å². The molecule has 1 aliphatic rings. The van der Waals surface area contributed by atoms with Crippen molar-refractivity contribution in [2.75, 3.05) is 13.7 Å². The predicted octanol–water partition coefficient (Wildman–Crippen LogP) is 0.659. The lowest BCUT2D eigenvalue weighted by molar-refractivity contribution is 0.0904. The number of carbonyl (C=O) groups excluding carboxylic acids is 2. The minimum absolute atomic E-state index is 0.0260. The molecule has 0 spiro atoms. The molecule has 0 fully saturated rings. The van der Waals surface area contributed by atoms with Crippen LogP contribution < -0.4 is 10.9 Å². The van der Waals surface area contributed by atoms with Crippen molar-refractivity contribution >= 4 is 11.7 Å². The molecule has 6 heteroatoms. The number of aryl methyl sites for hydroxylation is 1. The van der Waals surface area contributed by atoms with Crippen LogP contribution in [0.2, 0.25) is 0 Å². The summed E-state index contributed by atoms with van der Waals surface area (Å²) in [5.74, 6) is -0.515. The van der Waals surface area contributed by atoms with Crippen molar-refractivity contribution in [3.05, 3.63) is 33.2 Å². The zero-order chi connectivity index (χ0) is 14.7. The number of ether oxygens (including phenoxy) is 1. The van der Waals surface area contributed by atoms with Gasteiger partial charge in [0, 0.05) is 30.8 Å². The Bertz CT molecular complexity index is 591. The van der Waals surface area contributed by atoms with Gasteiger partial charge in [0.15, 0.2) is 5.78 Å². The highest BCUT2D eigenvalue weighted by Gasteiger charge is 2.22. The van der Waals surface area contributed by atoms with Crippen LogP contribution >= 0.6 is 0 Å². The molecule has 0 saturated heterocycles. The van der Waals surface area contributed by atoms with Crippen LogP contribution in [0, 0.1) is 0 Å². The first-order valence-electron chi connectivity index (χ1n) is 6.62. The molecule has 1 aromatic rings. The first-order valence-corrected chi connectivity index (χ1v) is 6.62. The van der Waals surface area contributed by atoms with Crippen LogP contribution in [0.1, 0.15) is 46.2 Å². The van der Waals surface area contributed by atoms with E-state index in [2.05, 4.69) is 10.3 Å². The van der Waals surface area contributed by atoms with Crippen molar-refractivity contribution in [1.82, 2.24) is 10.3 Å². The van der Waals surface area contributed by atoms with Gasteiger partial charge in [-0.2, -0.15) is 0 Å². The fraction of sp³-hybridized carbons (Fsp3) is 0.500. The second kappa shape index (κ2) is 6.00. The van der Waals surface area contributed by atoms with Gasteiger partial charge in [0.25, 0.3) is 11.5 Å². The molecule has 2 N–H and O–H groups in total. The van der Waals surface area contributed by atoms with E-state index in [4.69, 9.17) is 4.74 Å². The Morgan fingerprint density at radius 3 is 2.90 bits per heavy atom. The first-order chi connectivity index (χ1) is 9.52. The summed E-state index contributed by atoms with van der Waals surface area (Å²) >= 11 is 0. The van der Waals surface area contributed by atoms with Gasteiger partial charge in [-0.1, -0.05) is 0 Å². The molecule has 1 atom stereocenters. The Balaban J connectivity index is 2.28. The van der Waals surface area contributed by atoms with E-state index >= 15 is 0 Å². The Kier molecular flexibility index (Phi) is 4.34. The van der Waals surface area contributed by atoms with Crippen LogP contribution in [0.25, 0.3) is 0 Å². The van der Waals surface area contributed by atoms with Gasteiger partial charge in [-0.05, 0) is 25.8 Å². The number of amides is 1. The van der Waals surface area contributed by atoms with Gasteiger partial charge in [0.1, 0.15) is 5.56 Å². The number of hydrogen-bond acceptors (Lipinski definition) is 4. The lowest BCUT2D eigenvalue weighted by Gasteiger charge is -2.16. The summed E-state index contributed by atoms with van der Waals surface area (Å²) in [6, 6.07) is 1.20. The fourth-order valence-corrected chi connectivity index (χ4v) is 2.34. The lowest BCUT2D eigenvalue weighted by atomic mass is 9.93. The number of carbonyl (C=O) groups is 2. The number of hydrogen-bond donors (Lipinski definition) is 2. The maximum Gasteiger partial charge on any atom is 0.261 e. The monoisotopic (exact) mass is 278 g/mol. The Morgan fingerprint density at radius 2 is 2.20 bits per heavy atom. The van der Waals surface area contributed by atoms with Gasteiger partial charge in [-0.15, -0.1) is 0 Å². The molecule has 108 valence electrons. The average Bonchev–Trinajstić information content (AvgIpc) is 2.38. The van der Waals surface area contributed by atoms with E-state index in [0.29, 0.717) is 30.7 Å². The van der Waals surface area contributed by atoms with Crippen molar-refractivity contribution in [2.24, 2.45) is 0 Å². The molecule has 1 amide bonds. The summed E-state index contributed by atoms with van der Waals surface area (Å²) in [6.07, 6.45) is 1.86. The highest BCUT2D eigenvalue weighted by Crippen LogP contribution is 2.18. The van der Waals surface area contributed by atoms with E-state index in [1.807, 2.05) is 0 Å². The summed E-state index contributed by atoms with van der Waals surface area (Å²) in [5, 5.41) is 2.66. The van der Waals surface area contributed by atoms with Gasteiger partial charge in [0.2, 0.25) is 0 Å². The largest absolute Gasteiger partial charge is 0.383 e. The van der Waals surface area contributed by atoms with Crippen LogP contribution in [0.3, 0.4) is 0 Å². The molecule has 1 aromatic heterocycles. The summed E-state index contributed by atoms with van der Waals surface area (Å²) in [6.45, 7) is 2.13. The van der Waals surface area contributed by atoms with Crippen molar-refractivity contribution in [3.63, 3.8) is 0 Å². The van der Waals surface area contributed by atoms with E-state index in [1.165, 1.54) is 13.2 Å². The second-order valence-electron chi connectivity index (χ2n) is 5.01. The Labute approximate surface area is 116 Å². The molecular formula is C14H18N2O4. The molecule has 1 unspecified atom stereocenters. The number of fused-ring (bicyclic) bond motifs is 1. The number of Topliss-reactive ketones (excluding diaryl/α,β-unsaturated/α-hetero) is 1. The summed E-state index contributed by atoms with van der Waals surface area (Å²) in [5.41, 5.74) is 0.607. The number of ketones is 1. The number of rotatable bonds is 4. The number of methoxy groups -OCH3 is 1. The van der Waals surface area contributed by atoms with E-state index in [9.17, 15) is 14.4 Å². The highest BCUT2D eigenvalue weighted by molar-refractivity contribution is 6.01. The lowest BCUT2D eigenvalue weighted by Crippen LogP contribution is -2.39. The number of H-pyrrole nitrogens is 1. The van der Waals surface area contributed by atoms with Gasteiger partial charge in [0.05, 0.1) is 6.61 Å². The molecule has 1 heterocycles. The number of pyridine rings is 1. The average molecular weight is 278 g/mol. The standard InChI is InChI=1S/C14H18N2O4/c1-8(7-20-2)15-13(18)10-6-9-11(16-14(10)19)4-3-5-12(9)17/h6,8H,3-5,7H2,1-2H3,(H,15,18)(H,16,19). The molecule has 0 aromatic carbocycles. The molecule has 0 aliphatic heterocycles. The summed E-state index contributed by atoms with van der Waals surface area (Å²) in [7, 11) is 1.53. The molecule has 0 radical (unpaired) electrons. The van der Waals surface area contributed by atoms with Crippen LogP contribution in [0.15, 0.2) is 10.9 Å². The zero-order valence-corrected chi connectivity index (χ0v) is 11.6. The fourth-order valence-electron chi connectivity index (χ4n) is 2.34. The van der Waals surface area contributed by atoms with Crippen LogP contribution in [0.5, 0.6) is 0 Å². The third-order valence-electron chi connectivity index (χ3n) is 3.29. The molecule has 6 nitrogen and oxygen atoms in total. The maximum atomic E-state index is 12.0. The van der Waals surface area contributed by atoms with Crippen molar-refractivity contribution in [2.45, 2.75) is 32.2 Å². The van der Waals surface area contributed by atoms with Gasteiger partial charge >= 0.3 is 0 Å². The number of aromatic amines is 1. The summed E-state index contributed by atoms with van der Waals surface area (Å²) in [4.78, 5) is 38.4. The van der Waals surface area contributed by atoms with Crippen LogP contribution in [0.4, 0.5) is 0 Å². The number of nitrogens with one attached hydrogen (secondary N) is 2. The minimum Gasteiger partial charge on any atom is -0.383 e. The van der Waals surface area contributed by atoms with E-state index in [-0.39, 0.29) is 17.4 Å². The molecular weight excluding hydrogens is 260 g/mol. The normalized spacial score (nSPS) is 15.6. The topological polar surface area (TPSA) is 88.3 Å². The van der Waals surface area contributed by atoms with Crippen molar-refractivity contribution < 1.29 is 14.3 Å². The highest BCUT2D eigenvalue weighted by atomic mass is 16.5. The van der Waals surface area contributed by atoms with Crippen molar-refractivity contribution in [1.29, 1.82) is 0 Å². The minimum atomic E-state index is -0.489. The molecule has 0 saturated carbocycles. The Hall–Kier alpha value is -1.95. The molecule has 1 aliphatic carbocycles. The second-order valence-corrected chi connectivity index (χ2v) is 5.01. The molecule has 20 heavy (non-hydrogen) atoms. The van der Waals surface area contributed by atoms with Crippen LogP contribution in [-0.4, -0.2) is 36.4 Å². The van der Waals surface area contributed by atoms with Gasteiger partial charge < -0.3 is 15.0 Å². The summed E-state index contributed by atoms with van der Waals surface area (Å²) < 4.78 is 4.92. The third kappa shape index (κ3) is 2.96. The van der Waals surface area contributed by atoms with E-state index in [0.717, 1.165) is 6.42 Å². The smallest absolute Gasteiger partial charge is 0.261 e. The van der Waals surface area contributed by atoms with Crippen molar-refractivity contribution in [3.8, 4) is 0 Å². The first kappa shape index (κ1) is 14.5. The molecule has 2 rings (SSSR count). The van der Waals surface area contributed by atoms with E-state index < -0.39 is 11.5 Å². The zero-order valence-electron chi connectivity index (χ0n) is 11.6.